The van der Waals surface area contributed by atoms with Crippen LogP contribution in [0.1, 0.15) is 6.42 Å². The van der Waals surface area contributed by atoms with Crippen LogP contribution in [-0.4, -0.2) is 43.9 Å². The van der Waals surface area contributed by atoms with Gasteiger partial charge >= 0.3 is 0 Å². The van der Waals surface area contributed by atoms with Crippen LogP contribution in [0.5, 0.6) is 0 Å². The van der Waals surface area contributed by atoms with Crippen molar-refractivity contribution in [3.63, 3.8) is 0 Å². The molecule has 1 aliphatic heterocycles. The summed E-state index contributed by atoms with van der Waals surface area (Å²) in [5.74, 6) is -0.378. The Bertz CT molecular complexity index is 531. The highest BCUT2D eigenvalue weighted by Gasteiger charge is 2.35. The molecule has 19 heavy (non-hydrogen) atoms. The Kier molecular flexibility index (Phi) is 3.66. The predicted molar refractivity (Wildman–Crippen MR) is 75.6 cm³/mol. The molecule has 1 heterocycles. The van der Waals surface area contributed by atoms with E-state index < -0.39 is 6.04 Å². The van der Waals surface area contributed by atoms with Crippen molar-refractivity contribution < 1.29 is 9.59 Å². The highest BCUT2D eigenvalue weighted by atomic mass is 35.5. The third-order valence-corrected chi connectivity index (χ3v) is 3.45. The van der Waals surface area contributed by atoms with Gasteiger partial charge in [0.25, 0.3) is 5.91 Å². The molecule has 1 unspecified atom stereocenters. The van der Waals surface area contributed by atoms with Crippen LogP contribution < -0.4 is 10.2 Å². The predicted octanol–water partition coefficient (Wildman–Crippen LogP) is 1.58. The largest absolute Gasteiger partial charge is 0.376 e. The lowest BCUT2D eigenvalue weighted by atomic mass is 10.2. The number of anilines is 2. The van der Waals surface area contributed by atoms with Gasteiger partial charge in [0.05, 0.1) is 17.1 Å². The van der Waals surface area contributed by atoms with Gasteiger partial charge in [-0.1, -0.05) is 11.6 Å². The van der Waals surface area contributed by atoms with Gasteiger partial charge in [-0.2, -0.15) is 0 Å². The van der Waals surface area contributed by atoms with Gasteiger partial charge in [-0.25, -0.2) is 0 Å². The molecule has 1 aromatic carbocycles. The average molecular weight is 282 g/mol. The molecule has 0 radical (unpaired) electrons. The third kappa shape index (κ3) is 2.66. The van der Waals surface area contributed by atoms with Gasteiger partial charge in [0.15, 0.2) is 0 Å². The van der Waals surface area contributed by atoms with Crippen LogP contribution in [0.4, 0.5) is 11.4 Å². The summed E-state index contributed by atoms with van der Waals surface area (Å²) in [7, 11) is 5.30. The Morgan fingerprint density at radius 1 is 1.37 bits per heavy atom. The molecule has 1 aromatic rings. The molecular formula is C13H16ClN3O2. The zero-order valence-corrected chi connectivity index (χ0v) is 11.9. The number of imide groups is 1. The van der Waals surface area contributed by atoms with Crippen molar-refractivity contribution in [2.75, 3.05) is 31.4 Å². The Morgan fingerprint density at radius 2 is 2.05 bits per heavy atom. The summed E-state index contributed by atoms with van der Waals surface area (Å²) in [6, 6.07) is 4.97. The number of hydrogen-bond acceptors (Lipinski definition) is 4. The molecule has 0 spiro atoms. The van der Waals surface area contributed by atoms with Crippen molar-refractivity contribution in [2.45, 2.75) is 12.5 Å². The molecule has 0 saturated carbocycles. The summed E-state index contributed by atoms with van der Waals surface area (Å²) in [5.41, 5.74) is 1.63. The fourth-order valence-corrected chi connectivity index (χ4v) is 2.38. The van der Waals surface area contributed by atoms with Crippen molar-refractivity contribution in [1.29, 1.82) is 0 Å². The van der Waals surface area contributed by atoms with Crippen LogP contribution in [0.25, 0.3) is 0 Å². The Hall–Kier alpha value is -1.75. The van der Waals surface area contributed by atoms with E-state index in [4.69, 9.17) is 11.6 Å². The maximum atomic E-state index is 11.8. The van der Waals surface area contributed by atoms with Gasteiger partial charge < -0.3 is 10.2 Å². The van der Waals surface area contributed by atoms with Gasteiger partial charge in [0.2, 0.25) is 5.91 Å². The van der Waals surface area contributed by atoms with Crippen LogP contribution in [-0.2, 0) is 9.59 Å². The fourth-order valence-electron chi connectivity index (χ4n) is 2.03. The summed E-state index contributed by atoms with van der Waals surface area (Å²) in [5, 5.41) is 3.64. The van der Waals surface area contributed by atoms with Crippen molar-refractivity contribution >= 4 is 34.8 Å². The van der Waals surface area contributed by atoms with E-state index in [0.717, 1.165) is 16.3 Å². The number of benzene rings is 1. The number of hydrogen-bond donors (Lipinski definition) is 1. The van der Waals surface area contributed by atoms with Crippen molar-refractivity contribution in [3.8, 4) is 0 Å². The number of carbonyl (C=O) groups is 2. The number of carbonyl (C=O) groups excluding carboxylic acids is 2. The molecule has 1 N–H and O–H groups in total. The highest BCUT2D eigenvalue weighted by Crippen LogP contribution is 2.28. The molecule has 6 heteroatoms. The summed E-state index contributed by atoms with van der Waals surface area (Å²) < 4.78 is 0. The Balaban J connectivity index is 2.15. The van der Waals surface area contributed by atoms with E-state index in [-0.39, 0.29) is 18.2 Å². The molecule has 5 nitrogen and oxygen atoms in total. The second kappa shape index (κ2) is 5.09. The first kappa shape index (κ1) is 13.7. The maximum absolute atomic E-state index is 11.8. The van der Waals surface area contributed by atoms with Gasteiger partial charge in [-0.15, -0.1) is 0 Å². The van der Waals surface area contributed by atoms with Crippen LogP contribution in [0, 0.1) is 0 Å². The number of likely N-dealkylation sites (tertiary alicyclic amines) is 1. The Labute approximate surface area is 117 Å². The number of amides is 2. The zero-order chi connectivity index (χ0) is 14.2. The Morgan fingerprint density at radius 3 is 2.53 bits per heavy atom. The van der Waals surface area contributed by atoms with Crippen molar-refractivity contribution in [2.24, 2.45) is 0 Å². The van der Waals surface area contributed by atoms with Crippen molar-refractivity contribution in [1.82, 2.24) is 4.90 Å². The van der Waals surface area contributed by atoms with E-state index in [9.17, 15) is 9.59 Å². The van der Waals surface area contributed by atoms with E-state index in [1.165, 1.54) is 7.05 Å². The molecule has 0 aliphatic carbocycles. The minimum Gasteiger partial charge on any atom is -0.376 e. The second-order valence-corrected chi connectivity index (χ2v) is 5.16. The minimum absolute atomic E-state index is 0.168. The minimum atomic E-state index is -0.501. The van der Waals surface area contributed by atoms with E-state index >= 15 is 0 Å². The number of halogens is 1. The molecule has 1 saturated heterocycles. The van der Waals surface area contributed by atoms with Gasteiger partial charge in [-0.3, -0.25) is 14.5 Å². The van der Waals surface area contributed by atoms with E-state index in [2.05, 4.69) is 5.32 Å². The molecule has 1 fully saturated rings. The van der Waals surface area contributed by atoms with Crippen molar-refractivity contribution in [3.05, 3.63) is 23.2 Å². The normalized spacial score (nSPS) is 18.9. The zero-order valence-electron chi connectivity index (χ0n) is 11.1. The number of nitrogens with zero attached hydrogens (tertiary/aromatic N) is 2. The topological polar surface area (TPSA) is 52.7 Å². The highest BCUT2D eigenvalue weighted by molar-refractivity contribution is 6.33. The number of rotatable bonds is 3. The van der Waals surface area contributed by atoms with E-state index in [0.29, 0.717) is 5.02 Å². The fraction of sp³-hybridized carbons (Fsp3) is 0.385. The quantitative estimate of drug-likeness (QED) is 0.855. The first-order chi connectivity index (χ1) is 8.90. The molecule has 2 amide bonds. The summed E-state index contributed by atoms with van der Waals surface area (Å²) in [6.07, 6.45) is 0.183. The number of nitrogens with one attached hydrogen (secondary N) is 1. The first-order valence-corrected chi connectivity index (χ1v) is 6.31. The van der Waals surface area contributed by atoms with Gasteiger partial charge in [0, 0.05) is 26.8 Å². The first-order valence-electron chi connectivity index (χ1n) is 5.94. The lowest BCUT2D eigenvalue weighted by molar-refractivity contribution is -0.136. The van der Waals surface area contributed by atoms with Crippen LogP contribution in [0.3, 0.4) is 0 Å². The molecule has 0 bridgehead atoms. The molecule has 1 aliphatic rings. The van der Waals surface area contributed by atoms with E-state index in [1.807, 2.05) is 31.1 Å². The van der Waals surface area contributed by atoms with Gasteiger partial charge in [-0.05, 0) is 18.2 Å². The lowest BCUT2D eigenvalue weighted by Crippen LogP contribution is -2.31. The van der Waals surface area contributed by atoms with Crippen LogP contribution in [0.15, 0.2) is 18.2 Å². The smallest absolute Gasteiger partial charge is 0.251 e. The molecule has 1 atom stereocenters. The molecular weight excluding hydrogens is 266 g/mol. The molecule has 0 aromatic heterocycles. The monoisotopic (exact) mass is 281 g/mol. The summed E-state index contributed by atoms with van der Waals surface area (Å²) in [4.78, 5) is 26.3. The molecule has 2 rings (SSSR count). The van der Waals surface area contributed by atoms with Crippen LogP contribution >= 0.6 is 11.6 Å². The van der Waals surface area contributed by atoms with Gasteiger partial charge in [0.1, 0.15) is 6.04 Å². The summed E-state index contributed by atoms with van der Waals surface area (Å²) >= 11 is 6.16. The average Bonchev–Trinajstić information content (AvgIpc) is 2.57. The standard InChI is InChI=1S/C13H16ClN3O2/c1-16(2)11-5-4-8(6-9(11)14)15-10-7-12(18)17(3)13(10)19/h4-6,10,15H,7H2,1-3H3. The molecule has 102 valence electrons. The van der Waals surface area contributed by atoms with E-state index in [1.54, 1.807) is 6.07 Å². The maximum Gasteiger partial charge on any atom is 0.251 e. The summed E-state index contributed by atoms with van der Waals surface area (Å²) in [6.45, 7) is 0. The van der Waals surface area contributed by atoms with Crippen LogP contribution in [0.2, 0.25) is 5.02 Å². The SMILES string of the molecule is CN1C(=O)CC(Nc2ccc(N(C)C)c(Cl)c2)C1=O. The lowest BCUT2D eigenvalue weighted by Gasteiger charge is -2.17. The second-order valence-electron chi connectivity index (χ2n) is 4.75. The number of likely N-dealkylation sites (N-methyl/N-ethyl adjacent to an activating group) is 1. The third-order valence-electron chi connectivity index (χ3n) is 3.15.